The van der Waals surface area contributed by atoms with E-state index in [0.717, 1.165) is 22.5 Å². The average Bonchev–Trinajstić information content (AvgIpc) is 2.27. The highest BCUT2D eigenvalue weighted by Gasteiger charge is 2.09. The van der Waals surface area contributed by atoms with Crippen molar-refractivity contribution in [1.82, 2.24) is 0 Å². The first-order valence-corrected chi connectivity index (χ1v) is 7.40. The summed E-state index contributed by atoms with van der Waals surface area (Å²) in [5, 5.41) is 13.9. The molecule has 0 bridgehead atoms. The van der Waals surface area contributed by atoms with Crippen LogP contribution in [-0.4, -0.2) is 23.5 Å². The van der Waals surface area contributed by atoms with E-state index in [1.165, 1.54) is 12.1 Å². The van der Waals surface area contributed by atoms with Crippen LogP contribution >= 0.6 is 27.7 Å². The van der Waals surface area contributed by atoms with Gasteiger partial charge in [-0.2, -0.15) is 11.8 Å². The van der Waals surface area contributed by atoms with Gasteiger partial charge in [-0.1, -0.05) is 6.92 Å². The van der Waals surface area contributed by atoms with Gasteiger partial charge in [-0.05, 0) is 39.9 Å². The Morgan fingerprint density at radius 1 is 1.59 bits per heavy atom. The van der Waals surface area contributed by atoms with Gasteiger partial charge in [-0.15, -0.1) is 0 Å². The number of nitro benzene ring substituents is 1. The Morgan fingerprint density at radius 3 is 2.82 bits per heavy atom. The molecule has 1 aromatic carbocycles. The standard InChI is InChI=1S/C11H15BrN2O2S/c1-8(7-17-2)6-13-11-4-3-9(14(15)16)5-10(11)12/h3-5,8,13H,6-7H2,1-2H3. The second-order valence-corrected chi connectivity index (χ2v) is 5.63. The molecule has 1 atom stereocenters. The van der Waals surface area contributed by atoms with Gasteiger partial charge in [0.25, 0.3) is 5.69 Å². The SMILES string of the molecule is CSCC(C)CNc1ccc([N+](=O)[O-])cc1Br. The Kier molecular flexibility index (Phi) is 5.77. The average molecular weight is 319 g/mol. The molecule has 1 aromatic rings. The van der Waals surface area contributed by atoms with Crippen LogP contribution in [0.4, 0.5) is 11.4 Å². The molecule has 0 fully saturated rings. The van der Waals surface area contributed by atoms with Gasteiger partial charge in [-0.3, -0.25) is 10.1 Å². The van der Waals surface area contributed by atoms with Crippen molar-refractivity contribution in [2.75, 3.05) is 23.9 Å². The van der Waals surface area contributed by atoms with Gasteiger partial charge in [-0.25, -0.2) is 0 Å². The molecule has 0 radical (unpaired) electrons. The lowest BCUT2D eigenvalue weighted by Crippen LogP contribution is -2.13. The Bertz CT molecular complexity index is 401. The zero-order valence-corrected chi connectivity index (χ0v) is 12.2. The lowest BCUT2D eigenvalue weighted by Gasteiger charge is -2.13. The van der Waals surface area contributed by atoms with Crippen molar-refractivity contribution in [3.05, 3.63) is 32.8 Å². The number of nitro groups is 1. The number of thioether (sulfide) groups is 1. The summed E-state index contributed by atoms with van der Waals surface area (Å²) in [5.41, 5.74) is 0.989. The molecule has 1 N–H and O–H groups in total. The van der Waals surface area contributed by atoms with E-state index in [0.29, 0.717) is 5.92 Å². The largest absolute Gasteiger partial charge is 0.384 e. The van der Waals surface area contributed by atoms with Crippen LogP contribution in [-0.2, 0) is 0 Å². The van der Waals surface area contributed by atoms with Crippen molar-refractivity contribution < 1.29 is 4.92 Å². The molecule has 94 valence electrons. The van der Waals surface area contributed by atoms with Gasteiger partial charge < -0.3 is 5.32 Å². The normalized spacial score (nSPS) is 12.2. The van der Waals surface area contributed by atoms with E-state index < -0.39 is 4.92 Å². The number of hydrogen-bond donors (Lipinski definition) is 1. The molecule has 0 heterocycles. The van der Waals surface area contributed by atoms with Gasteiger partial charge in [0.15, 0.2) is 0 Å². The van der Waals surface area contributed by atoms with Crippen LogP contribution in [0.15, 0.2) is 22.7 Å². The molecule has 6 heteroatoms. The molecule has 0 aliphatic carbocycles. The van der Waals surface area contributed by atoms with Gasteiger partial charge in [0, 0.05) is 28.8 Å². The van der Waals surface area contributed by atoms with Gasteiger partial charge in [0.1, 0.15) is 0 Å². The van der Waals surface area contributed by atoms with Crippen molar-refractivity contribution in [3.8, 4) is 0 Å². The summed E-state index contributed by atoms with van der Waals surface area (Å²) in [5.74, 6) is 1.66. The Balaban J connectivity index is 2.63. The number of rotatable bonds is 6. The summed E-state index contributed by atoms with van der Waals surface area (Å²) < 4.78 is 0.725. The van der Waals surface area contributed by atoms with E-state index in [9.17, 15) is 10.1 Å². The third-order valence-electron chi connectivity index (χ3n) is 2.26. The maximum atomic E-state index is 10.6. The van der Waals surface area contributed by atoms with E-state index in [1.807, 2.05) is 11.8 Å². The van der Waals surface area contributed by atoms with Crippen molar-refractivity contribution in [2.24, 2.45) is 5.92 Å². The van der Waals surface area contributed by atoms with E-state index >= 15 is 0 Å². The number of nitrogens with zero attached hydrogens (tertiary/aromatic N) is 1. The van der Waals surface area contributed by atoms with Crippen LogP contribution in [0.25, 0.3) is 0 Å². The predicted octanol–water partition coefficient (Wildman–Crippen LogP) is 3.77. The van der Waals surface area contributed by atoms with Gasteiger partial charge in [0.2, 0.25) is 0 Å². The minimum Gasteiger partial charge on any atom is -0.384 e. The predicted molar refractivity (Wildman–Crippen MR) is 76.8 cm³/mol. The van der Waals surface area contributed by atoms with Crippen molar-refractivity contribution in [2.45, 2.75) is 6.92 Å². The van der Waals surface area contributed by atoms with Crippen LogP contribution in [0.1, 0.15) is 6.92 Å². The second-order valence-electron chi connectivity index (χ2n) is 3.86. The minimum atomic E-state index is -0.398. The third-order valence-corrected chi connectivity index (χ3v) is 3.81. The van der Waals surface area contributed by atoms with Crippen LogP contribution in [0.5, 0.6) is 0 Å². The molecule has 17 heavy (non-hydrogen) atoms. The quantitative estimate of drug-likeness (QED) is 0.640. The molecule has 0 aromatic heterocycles. The highest BCUT2D eigenvalue weighted by atomic mass is 79.9. The molecule has 0 spiro atoms. The van der Waals surface area contributed by atoms with Crippen molar-refractivity contribution in [1.29, 1.82) is 0 Å². The summed E-state index contributed by atoms with van der Waals surface area (Å²) in [6.07, 6.45) is 2.08. The fourth-order valence-electron chi connectivity index (χ4n) is 1.39. The molecule has 1 unspecified atom stereocenters. The second kappa shape index (κ2) is 6.86. The first-order valence-electron chi connectivity index (χ1n) is 5.21. The van der Waals surface area contributed by atoms with Crippen LogP contribution in [0.2, 0.25) is 0 Å². The van der Waals surface area contributed by atoms with Crippen molar-refractivity contribution in [3.63, 3.8) is 0 Å². The fourth-order valence-corrected chi connectivity index (χ4v) is 2.58. The summed E-state index contributed by atoms with van der Waals surface area (Å²) in [6, 6.07) is 4.75. The summed E-state index contributed by atoms with van der Waals surface area (Å²) in [7, 11) is 0. The highest BCUT2D eigenvalue weighted by molar-refractivity contribution is 9.10. The smallest absolute Gasteiger partial charge is 0.270 e. The van der Waals surface area contributed by atoms with Crippen LogP contribution in [0.3, 0.4) is 0 Å². The highest BCUT2D eigenvalue weighted by Crippen LogP contribution is 2.27. The molecule has 0 aliphatic heterocycles. The Hall–Kier alpha value is -0.750. The number of hydrogen-bond acceptors (Lipinski definition) is 4. The van der Waals surface area contributed by atoms with E-state index in [4.69, 9.17) is 0 Å². The van der Waals surface area contributed by atoms with Crippen molar-refractivity contribution >= 4 is 39.1 Å². The fraction of sp³-hybridized carbons (Fsp3) is 0.455. The molecule has 0 saturated carbocycles. The first-order chi connectivity index (χ1) is 8.04. The van der Waals surface area contributed by atoms with Crippen LogP contribution in [0, 0.1) is 16.0 Å². The lowest BCUT2D eigenvalue weighted by molar-refractivity contribution is -0.384. The number of benzene rings is 1. The zero-order chi connectivity index (χ0) is 12.8. The Labute approximate surface area is 113 Å². The summed E-state index contributed by atoms with van der Waals surface area (Å²) in [4.78, 5) is 10.2. The molecule has 1 rings (SSSR count). The van der Waals surface area contributed by atoms with Crippen LogP contribution < -0.4 is 5.32 Å². The van der Waals surface area contributed by atoms with Gasteiger partial charge >= 0.3 is 0 Å². The third kappa shape index (κ3) is 4.55. The summed E-state index contributed by atoms with van der Waals surface area (Å²) in [6.45, 7) is 3.03. The molecular weight excluding hydrogens is 304 g/mol. The van der Waals surface area contributed by atoms with E-state index in [1.54, 1.807) is 6.07 Å². The summed E-state index contributed by atoms with van der Waals surface area (Å²) >= 11 is 5.15. The number of anilines is 1. The van der Waals surface area contributed by atoms with E-state index in [2.05, 4.69) is 34.4 Å². The lowest BCUT2D eigenvalue weighted by atomic mass is 10.2. The topological polar surface area (TPSA) is 55.2 Å². The van der Waals surface area contributed by atoms with Gasteiger partial charge in [0.05, 0.1) is 4.92 Å². The maximum absolute atomic E-state index is 10.6. The number of non-ortho nitro benzene ring substituents is 1. The molecule has 0 aliphatic rings. The molecular formula is C11H15BrN2O2S. The maximum Gasteiger partial charge on any atom is 0.270 e. The molecule has 0 saturated heterocycles. The molecule has 0 amide bonds. The number of nitrogens with one attached hydrogen (secondary N) is 1. The first kappa shape index (κ1) is 14.3. The zero-order valence-electron chi connectivity index (χ0n) is 9.77. The minimum absolute atomic E-state index is 0.0968. The van der Waals surface area contributed by atoms with E-state index in [-0.39, 0.29) is 5.69 Å². The number of halogens is 1. The molecule has 4 nitrogen and oxygen atoms in total. The monoisotopic (exact) mass is 318 g/mol. The Morgan fingerprint density at radius 2 is 2.29 bits per heavy atom.